The van der Waals surface area contributed by atoms with Crippen molar-refractivity contribution in [2.45, 2.75) is 12.0 Å². The summed E-state index contributed by atoms with van der Waals surface area (Å²) >= 11 is 0. The lowest BCUT2D eigenvalue weighted by atomic mass is 9.89. The second-order valence-electron chi connectivity index (χ2n) is 13.9. The Kier molecular flexibility index (Phi) is 6.41. The van der Waals surface area contributed by atoms with Gasteiger partial charge in [-0.15, -0.1) is 0 Å². The molecule has 3 heterocycles. The normalized spacial score (nSPS) is 15.9. The fraction of sp³-hybridized carbons (Fsp3) is 0.0408. The molecule has 0 radical (unpaired) electrons. The van der Waals surface area contributed by atoms with Crippen LogP contribution in [0.25, 0.3) is 77.2 Å². The van der Waals surface area contributed by atoms with E-state index in [2.05, 4.69) is 179 Å². The summed E-state index contributed by atoms with van der Waals surface area (Å²) in [5.41, 5.74) is 12.5. The summed E-state index contributed by atoms with van der Waals surface area (Å²) in [6, 6.07) is 55.8. The largest absolute Gasteiger partial charge is 0.484 e. The van der Waals surface area contributed by atoms with Gasteiger partial charge in [-0.3, -0.25) is 0 Å². The van der Waals surface area contributed by atoms with Crippen molar-refractivity contribution >= 4 is 43.6 Å². The molecule has 7 aromatic carbocycles. The van der Waals surface area contributed by atoms with Gasteiger partial charge < -0.3 is 13.9 Å². The minimum Gasteiger partial charge on any atom is -0.484 e. The van der Waals surface area contributed by atoms with E-state index in [0.29, 0.717) is 5.56 Å². The van der Waals surface area contributed by atoms with E-state index >= 15 is 0 Å². The number of para-hydroxylation sites is 3. The van der Waals surface area contributed by atoms with Gasteiger partial charge in [0.25, 0.3) is 0 Å². The molecule has 2 atom stereocenters. The van der Waals surface area contributed by atoms with Gasteiger partial charge >= 0.3 is 0 Å². The van der Waals surface area contributed by atoms with Gasteiger partial charge in [0.1, 0.15) is 17.9 Å². The quantitative estimate of drug-likeness (QED) is 0.186. The van der Waals surface area contributed by atoms with E-state index < -0.39 is 0 Å². The molecule has 0 fully saturated rings. The molecule has 2 aromatic heterocycles. The highest BCUT2D eigenvalue weighted by molar-refractivity contribution is 6.29. The molecule has 0 saturated carbocycles. The zero-order valence-electron chi connectivity index (χ0n) is 28.6. The molecule has 0 N–H and O–H groups in total. The lowest BCUT2D eigenvalue weighted by Crippen LogP contribution is -2.16. The zero-order valence-corrected chi connectivity index (χ0v) is 28.6. The van der Waals surface area contributed by atoms with Crippen molar-refractivity contribution in [2.24, 2.45) is 0 Å². The number of hydrogen-bond donors (Lipinski definition) is 0. The van der Waals surface area contributed by atoms with E-state index in [-0.39, 0.29) is 12.0 Å². The number of ether oxygens (including phenoxy) is 1. The maximum Gasteiger partial charge on any atom is 0.136 e. The van der Waals surface area contributed by atoms with E-state index in [1.807, 2.05) is 12.1 Å². The Balaban J connectivity index is 1.26. The summed E-state index contributed by atoms with van der Waals surface area (Å²) in [5.74, 6) is 0.941. The molecule has 9 aromatic rings. The van der Waals surface area contributed by atoms with Crippen LogP contribution in [-0.4, -0.2) is 15.2 Å². The molecule has 2 unspecified atom stereocenters. The fourth-order valence-corrected chi connectivity index (χ4v) is 8.82. The number of allylic oxidation sites excluding steroid dienone is 2. The van der Waals surface area contributed by atoms with Gasteiger partial charge in [0.05, 0.1) is 38.7 Å². The Hall–Kier alpha value is -7.09. The number of nitriles is 1. The molecule has 2 aliphatic rings. The van der Waals surface area contributed by atoms with Crippen LogP contribution < -0.4 is 4.74 Å². The molecule has 1 aliphatic carbocycles. The molecular weight excluding hydrogens is 647 g/mol. The molecule has 53 heavy (non-hydrogen) atoms. The van der Waals surface area contributed by atoms with Gasteiger partial charge in [-0.1, -0.05) is 127 Å². The first kappa shape index (κ1) is 29.6. The average Bonchev–Trinajstić information content (AvgIpc) is 3.89. The summed E-state index contributed by atoms with van der Waals surface area (Å²) in [6.07, 6.45) is 8.54. The first-order valence-corrected chi connectivity index (χ1v) is 18.1. The van der Waals surface area contributed by atoms with Crippen LogP contribution in [0.3, 0.4) is 0 Å². The second-order valence-corrected chi connectivity index (χ2v) is 13.9. The van der Waals surface area contributed by atoms with Gasteiger partial charge in [-0.2, -0.15) is 5.26 Å². The molecule has 11 rings (SSSR count). The van der Waals surface area contributed by atoms with Crippen molar-refractivity contribution in [3.8, 4) is 45.4 Å². The summed E-state index contributed by atoms with van der Waals surface area (Å²) in [4.78, 5) is 0. The zero-order chi connectivity index (χ0) is 35.0. The topological polar surface area (TPSA) is 42.9 Å². The average molecular weight is 678 g/mol. The smallest absolute Gasteiger partial charge is 0.136 e. The molecule has 1 aliphatic heterocycles. The van der Waals surface area contributed by atoms with Crippen LogP contribution in [0.4, 0.5) is 0 Å². The maximum absolute atomic E-state index is 10.9. The van der Waals surface area contributed by atoms with E-state index in [1.165, 1.54) is 0 Å². The van der Waals surface area contributed by atoms with Crippen LogP contribution >= 0.6 is 0 Å². The predicted molar refractivity (Wildman–Crippen MR) is 216 cm³/mol. The number of nitrogens with zero attached hydrogens (tertiary/aromatic N) is 3. The van der Waals surface area contributed by atoms with E-state index in [1.54, 1.807) is 0 Å². The Bertz CT molecular complexity index is 3050. The molecule has 0 amide bonds. The first-order valence-electron chi connectivity index (χ1n) is 18.1. The molecule has 0 bridgehead atoms. The standard InChI is InChI=1S/C49H31N3O/c50-30-35-29-34(33-17-13-16-32(28-33)31-14-3-1-4-15-31)26-27-40(35)52-42-24-11-7-20-37(42)44-47-45(49-46(48(44)52)39-22-9-12-25-43(39)53-49)38-21-8-10-23-41(38)51(47)36-18-5-2-6-19-36/h1-29,39,43H. The van der Waals surface area contributed by atoms with E-state index in [0.717, 1.165) is 88.6 Å². The molecular formula is C49H31N3O. The van der Waals surface area contributed by atoms with Crippen molar-refractivity contribution < 1.29 is 4.74 Å². The van der Waals surface area contributed by atoms with Crippen molar-refractivity contribution in [1.82, 2.24) is 9.13 Å². The van der Waals surface area contributed by atoms with Crippen molar-refractivity contribution in [3.63, 3.8) is 0 Å². The molecule has 0 spiro atoms. The number of rotatable bonds is 4. The maximum atomic E-state index is 10.9. The van der Waals surface area contributed by atoms with Gasteiger partial charge in [0.15, 0.2) is 0 Å². The number of benzene rings is 7. The Morgan fingerprint density at radius 3 is 1.92 bits per heavy atom. The van der Waals surface area contributed by atoms with Crippen LogP contribution in [0, 0.1) is 11.3 Å². The minimum atomic E-state index is -0.121. The van der Waals surface area contributed by atoms with Crippen LogP contribution in [0.15, 0.2) is 176 Å². The minimum absolute atomic E-state index is 0.0225. The number of hydrogen-bond acceptors (Lipinski definition) is 2. The lowest BCUT2D eigenvalue weighted by molar-refractivity contribution is 0.271. The van der Waals surface area contributed by atoms with Crippen LogP contribution in [0.2, 0.25) is 0 Å². The van der Waals surface area contributed by atoms with Crippen LogP contribution in [0.1, 0.15) is 17.0 Å². The third-order valence-electron chi connectivity index (χ3n) is 11.1. The van der Waals surface area contributed by atoms with Gasteiger partial charge in [0.2, 0.25) is 0 Å². The van der Waals surface area contributed by atoms with Crippen LogP contribution in [0.5, 0.6) is 5.75 Å². The van der Waals surface area contributed by atoms with Crippen molar-refractivity contribution in [2.75, 3.05) is 0 Å². The molecule has 248 valence electrons. The van der Waals surface area contributed by atoms with Gasteiger partial charge in [-0.25, -0.2) is 0 Å². The third-order valence-corrected chi connectivity index (χ3v) is 11.1. The first-order chi connectivity index (χ1) is 26.3. The van der Waals surface area contributed by atoms with Crippen molar-refractivity contribution in [3.05, 3.63) is 187 Å². The number of fused-ring (bicyclic) bond motifs is 12. The number of aromatic nitrogens is 2. The summed E-state index contributed by atoms with van der Waals surface area (Å²) in [5, 5.41) is 15.5. The van der Waals surface area contributed by atoms with Crippen molar-refractivity contribution in [1.29, 1.82) is 5.26 Å². The molecule has 4 nitrogen and oxygen atoms in total. The second kappa shape index (κ2) is 11.5. The SMILES string of the molecule is N#Cc1cc(-c2cccc(-c3ccccc3)c2)ccc1-n1c2ccccc2c2c1c1c(c3c4ccccc4n(-c4ccccc4)c32)OC2C=CC=CC12. The Morgan fingerprint density at radius 2 is 1.15 bits per heavy atom. The summed E-state index contributed by atoms with van der Waals surface area (Å²) in [7, 11) is 0. The monoisotopic (exact) mass is 677 g/mol. The highest BCUT2D eigenvalue weighted by atomic mass is 16.5. The Morgan fingerprint density at radius 1 is 0.528 bits per heavy atom. The summed E-state index contributed by atoms with van der Waals surface area (Å²) < 4.78 is 11.8. The molecule has 4 heteroatoms. The lowest BCUT2D eigenvalue weighted by Gasteiger charge is -2.17. The van der Waals surface area contributed by atoms with Gasteiger partial charge in [-0.05, 0) is 70.8 Å². The van der Waals surface area contributed by atoms with E-state index in [4.69, 9.17) is 4.74 Å². The van der Waals surface area contributed by atoms with E-state index in [9.17, 15) is 5.26 Å². The Labute approximate surface area is 306 Å². The van der Waals surface area contributed by atoms with Gasteiger partial charge in [0, 0.05) is 33.3 Å². The van der Waals surface area contributed by atoms with Crippen LogP contribution in [-0.2, 0) is 0 Å². The fourth-order valence-electron chi connectivity index (χ4n) is 8.82. The third kappa shape index (κ3) is 4.29. The highest BCUT2D eigenvalue weighted by Gasteiger charge is 2.39. The summed E-state index contributed by atoms with van der Waals surface area (Å²) in [6.45, 7) is 0. The predicted octanol–water partition coefficient (Wildman–Crippen LogP) is 12.1. The highest BCUT2D eigenvalue weighted by Crippen LogP contribution is 2.55. The molecule has 0 saturated heterocycles.